The van der Waals surface area contributed by atoms with E-state index in [-0.39, 0.29) is 23.5 Å². The average Bonchev–Trinajstić information content (AvgIpc) is 2.17. The monoisotopic (exact) mass is 230 g/mol. The van der Waals surface area contributed by atoms with E-state index < -0.39 is 0 Å². The molecule has 1 atom stereocenters. The third kappa shape index (κ3) is 3.04. The van der Waals surface area contributed by atoms with Gasteiger partial charge in [0.1, 0.15) is 11.9 Å². The maximum Gasteiger partial charge on any atom is 0.251 e. The van der Waals surface area contributed by atoms with Crippen LogP contribution in [0.1, 0.15) is 31.5 Å². The van der Waals surface area contributed by atoms with Gasteiger partial charge in [0.15, 0.2) is 0 Å². The van der Waals surface area contributed by atoms with Crippen molar-refractivity contribution < 1.29 is 4.74 Å². The van der Waals surface area contributed by atoms with Crippen molar-refractivity contribution in [1.82, 2.24) is 9.97 Å². The van der Waals surface area contributed by atoms with Gasteiger partial charge in [0.2, 0.25) is 0 Å². The number of rotatable bonds is 4. The van der Waals surface area contributed by atoms with Gasteiger partial charge in [0.05, 0.1) is 11.6 Å². The van der Waals surface area contributed by atoms with Gasteiger partial charge in [-0.25, -0.2) is 4.98 Å². The quantitative estimate of drug-likeness (QED) is 0.804. The maximum atomic E-state index is 11.3. The Morgan fingerprint density at radius 1 is 1.60 bits per heavy atom. The smallest absolute Gasteiger partial charge is 0.251 e. The fourth-order valence-electron chi connectivity index (χ4n) is 1.43. The minimum Gasteiger partial charge on any atom is -0.373 e. The summed E-state index contributed by atoms with van der Waals surface area (Å²) >= 11 is 5.64. The zero-order valence-corrected chi connectivity index (χ0v) is 9.84. The SMILES string of the molecule is COC(c1nc(CCl)cc(=O)[nH]1)C(C)C. The fourth-order valence-corrected chi connectivity index (χ4v) is 1.57. The number of nitrogens with zero attached hydrogens (tertiary/aromatic N) is 1. The lowest BCUT2D eigenvalue weighted by molar-refractivity contribution is 0.0571. The topological polar surface area (TPSA) is 55.0 Å². The van der Waals surface area contributed by atoms with E-state index in [1.807, 2.05) is 13.8 Å². The van der Waals surface area contributed by atoms with Gasteiger partial charge in [-0.3, -0.25) is 4.79 Å². The number of ether oxygens (including phenoxy) is 1. The van der Waals surface area contributed by atoms with Crippen molar-refractivity contribution in [3.05, 3.63) is 27.9 Å². The van der Waals surface area contributed by atoms with E-state index in [1.54, 1.807) is 7.11 Å². The molecule has 1 aromatic heterocycles. The summed E-state index contributed by atoms with van der Waals surface area (Å²) in [6.07, 6.45) is -0.208. The largest absolute Gasteiger partial charge is 0.373 e. The number of aromatic nitrogens is 2. The van der Waals surface area contributed by atoms with Crippen molar-refractivity contribution in [3.63, 3.8) is 0 Å². The summed E-state index contributed by atoms with van der Waals surface area (Å²) < 4.78 is 5.28. The van der Waals surface area contributed by atoms with Crippen molar-refractivity contribution in [2.24, 2.45) is 5.92 Å². The molecule has 4 nitrogen and oxygen atoms in total. The predicted octanol–water partition coefficient (Wildman–Crippen LogP) is 1.85. The first-order valence-electron chi connectivity index (χ1n) is 4.77. The van der Waals surface area contributed by atoms with Gasteiger partial charge in [-0.2, -0.15) is 0 Å². The fraction of sp³-hybridized carbons (Fsp3) is 0.600. The number of aromatic amines is 1. The van der Waals surface area contributed by atoms with Crippen LogP contribution in [0.3, 0.4) is 0 Å². The summed E-state index contributed by atoms with van der Waals surface area (Å²) in [5, 5.41) is 0. The molecule has 0 aliphatic carbocycles. The molecule has 0 saturated carbocycles. The van der Waals surface area contributed by atoms with E-state index in [9.17, 15) is 4.79 Å². The summed E-state index contributed by atoms with van der Waals surface area (Å²) in [7, 11) is 1.60. The Morgan fingerprint density at radius 2 is 2.27 bits per heavy atom. The molecule has 0 aliphatic heterocycles. The number of hydrogen-bond acceptors (Lipinski definition) is 3. The molecule has 1 rings (SSSR count). The first kappa shape index (κ1) is 12.2. The summed E-state index contributed by atoms with van der Waals surface area (Å²) in [5.41, 5.74) is 0.372. The van der Waals surface area contributed by atoms with Crippen molar-refractivity contribution >= 4 is 11.6 Å². The van der Waals surface area contributed by atoms with Crippen LogP contribution in [0.5, 0.6) is 0 Å². The molecular weight excluding hydrogens is 216 g/mol. The van der Waals surface area contributed by atoms with Gasteiger partial charge < -0.3 is 9.72 Å². The maximum absolute atomic E-state index is 11.3. The Morgan fingerprint density at radius 3 is 2.73 bits per heavy atom. The van der Waals surface area contributed by atoms with Crippen LogP contribution in [-0.2, 0) is 10.6 Å². The van der Waals surface area contributed by atoms with Gasteiger partial charge in [-0.15, -0.1) is 11.6 Å². The number of nitrogens with one attached hydrogen (secondary N) is 1. The number of H-pyrrole nitrogens is 1. The van der Waals surface area contributed by atoms with Crippen molar-refractivity contribution in [2.75, 3.05) is 7.11 Å². The zero-order chi connectivity index (χ0) is 11.4. The molecule has 0 amide bonds. The third-order valence-electron chi connectivity index (χ3n) is 2.08. The van der Waals surface area contributed by atoms with Gasteiger partial charge in [-0.05, 0) is 5.92 Å². The molecule has 0 fully saturated rings. The highest BCUT2D eigenvalue weighted by Gasteiger charge is 2.17. The van der Waals surface area contributed by atoms with Crippen LogP contribution >= 0.6 is 11.6 Å². The molecule has 15 heavy (non-hydrogen) atoms. The summed E-state index contributed by atoms with van der Waals surface area (Å²) in [6.45, 7) is 4.00. The van der Waals surface area contributed by atoms with E-state index in [4.69, 9.17) is 16.3 Å². The number of methoxy groups -OCH3 is 1. The van der Waals surface area contributed by atoms with Crippen LogP contribution in [0.15, 0.2) is 10.9 Å². The first-order chi connectivity index (χ1) is 7.08. The van der Waals surface area contributed by atoms with Crippen molar-refractivity contribution in [3.8, 4) is 0 Å². The van der Waals surface area contributed by atoms with Crippen LogP contribution in [0.4, 0.5) is 0 Å². The molecule has 1 N–H and O–H groups in total. The van der Waals surface area contributed by atoms with Gasteiger partial charge in [-0.1, -0.05) is 13.8 Å². The molecule has 1 aromatic rings. The van der Waals surface area contributed by atoms with Gasteiger partial charge in [0, 0.05) is 13.2 Å². The lowest BCUT2D eigenvalue weighted by Gasteiger charge is -2.18. The Hall–Kier alpha value is -0.870. The molecule has 1 unspecified atom stereocenters. The van der Waals surface area contributed by atoms with Crippen LogP contribution < -0.4 is 5.56 Å². The van der Waals surface area contributed by atoms with Crippen LogP contribution in [0.25, 0.3) is 0 Å². The molecule has 0 radical (unpaired) electrons. The number of halogens is 1. The van der Waals surface area contributed by atoms with Gasteiger partial charge in [0.25, 0.3) is 5.56 Å². The minimum atomic E-state index is -0.208. The molecule has 84 valence electrons. The van der Waals surface area contributed by atoms with Gasteiger partial charge >= 0.3 is 0 Å². The summed E-state index contributed by atoms with van der Waals surface area (Å²) in [4.78, 5) is 18.2. The highest BCUT2D eigenvalue weighted by atomic mass is 35.5. The Labute approximate surface area is 93.6 Å². The van der Waals surface area contributed by atoms with Crippen molar-refractivity contribution in [1.29, 1.82) is 0 Å². The lowest BCUT2D eigenvalue weighted by Crippen LogP contribution is -2.19. The minimum absolute atomic E-state index is 0.196. The van der Waals surface area contributed by atoms with Crippen LogP contribution in [-0.4, -0.2) is 17.1 Å². The molecule has 0 aliphatic rings. The standard InChI is InChI=1S/C10H15ClN2O2/c1-6(2)9(15-3)10-12-7(5-11)4-8(14)13-10/h4,6,9H,5H2,1-3H3,(H,12,13,14). The molecule has 0 bridgehead atoms. The molecule has 0 saturated heterocycles. The zero-order valence-electron chi connectivity index (χ0n) is 9.08. The average molecular weight is 231 g/mol. The Kier molecular flexibility index (Phi) is 4.29. The lowest BCUT2D eigenvalue weighted by atomic mass is 10.1. The second kappa shape index (κ2) is 5.28. The third-order valence-corrected chi connectivity index (χ3v) is 2.35. The van der Waals surface area contributed by atoms with E-state index >= 15 is 0 Å². The predicted molar refractivity (Wildman–Crippen MR) is 59.0 cm³/mol. The molecule has 0 spiro atoms. The summed E-state index contributed by atoms with van der Waals surface area (Å²) in [6, 6.07) is 1.39. The summed E-state index contributed by atoms with van der Waals surface area (Å²) in [5.74, 6) is 1.00. The van der Waals surface area contributed by atoms with Crippen LogP contribution in [0.2, 0.25) is 0 Å². The van der Waals surface area contributed by atoms with E-state index in [1.165, 1.54) is 6.07 Å². The molecular formula is C10H15ClN2O2. The van der Waals surface area contributed by atoms with E-state index in [0.717, 1.165) is 0 Å². The first-order valence-corrected chi connectivity index (χ1v) is 5.30. The number of hydrogen-bond donors (Lipinski definition) is 1. The molecule has 1 heterocycles. The normalized spacial score (nSPS) is 13.1. The molecule has 0 aromatic carbocycles. The number of alkyl halides is 1. The van der Waals surface area contributed by atoms with E-state index in [2.05, 4.69) is 9.97 Å². The van der Waals surface area contributed by atoms with Crippen molar-refractivity contribution in [2.45, 2.75) is 25.8 Å². The van der Waals surface area contributed by atoms with Crippen LogP contribution in [0, 0.1) is 5.92 Å². The highest BCUT2D eigenvalue weighted by Crippen LogP contribution is 2.21. The second-order valence-corrected chi connectivity index (χ2v) is 3.92. The molecule has 5 heteroatoms. The Balaban J connectivity index is 3.12. The second-order valence-electron chi connectivity index (χ2n) is 3.66. The van der Waals surface area contributed by atoms with E-state index in [0.29, 0.717) is 11.5 Å². The highest BCUT2D eigenvalue weighted by molar-refractivity contribution is 6.16. The Bertz CT molecular complexity index is 376.